The summed E-state index contributed by atoms with van der Waals surface area (Å²) in [5, 5.41) is 7.98. The van der Waals surface area contributed by atoms with Crippen LogP contribution >= 0.6 is 11.3 Å². The molecule has 0 spiro atoms. The predicted octanol–water partition coefficient (Wildman–Crippen LogP) is 1.51. The van der Waals surface area contributed by atoms with Crippen molar-refractivity contribution in [3.8, 4) is 0 Å². The topological polar surface area (TPSA) is 117 Å². The molecule has 9 nitrogen and oxygen atoms in total. The molecule has 0 atom stereocenters. The zero-order chi connectivity index (χ0) is 18.4. The van der Waals surface area contributed by atoms with Crippen LogP contribution in [0.4, 0.5) is 11.8 Å². The van der Waals surface area contributed by atoms with E-state index >= 15 is 0 Å². The lowest BCUT2D eigenvalue weighted by atomic mass is 10.2. The molecule has 1 saturated heterocycles. The summed E-state index contributed by atoms with van der Waals surface area (Å²) in [7, 11) is 0. The summed E-state index contributed by atoms with van der Waals surface area (Å²) < 4.78 is 0. The molecule has 5 rings (SSSR count). The number of carbonyl (C=O) groups excluding carboxylic acids is 1. The fraction of sp³-hybridized carbons (Fsp3) is 0.235. The molecule has 10 heteroatoms. The van der Waals surface area contributed by atoms with Gasteiger partial charge in [0.25, 0.3) is 5.91 Å². The Morgan fingerprint density at radius 1 is 1.15 bits per heavy atom. The van der Waals surface area contributed by atoms with Gasteiger partial charge in [0, 0.05) is 31.6 Å². The number of nitrogen functional groups attached to an aromatic ring is 1. The number of fused-ring (bicyclic) bond motifs is 2. The number of nitrogens with two attached hydrogens (primary N) is 1. The number of hydrogen-bond donors (Lipinski definition) is 2. The van der Waals surface area contributed by atoms with Crippen LogP contribution in [-0.4, -0.2) is 62.1 Å². The Morgan fingerprint density at radius 2 is 1.96 bits per heavy atom. The Bertz CT molecular complexity index is 1140. The van der Waals surface area contributed by atoms with Gasteiger partial charge in [0.2, 0.25) is 5.95 Å². The number of aromatic amines is 1. The summed E-state index contributed by atoms with van der Waals surface area (Å²) in [4.78, 5) is 30.6. The number of benzene rings is 1. The molecule has 136 valence electrons. The third-order valence-corrected chi connectivity index (χ3v) is 5.46. The lowest BCUT2D eigenvalue weighted by molar-refractivity contribution is 0.0742. The van der Waals surface area contributed by atoms with Gasteiger partial charge < -0.3 is 15.5 Å². The molecular formula is C17H16N8OS. The number of aromatic nitrogens is 5. The second-order valence-electron chi connectivity index (χ2n) is 6.31. The van der Waals surface area contributed by atoms with Crippen LogP contribution in [-0.2, 0) is 0 Å². The number of nitrogens with one attached hydrogen (secondary N) is 1. The highest BCUT2D eigenvalue weighted by Gasteiger charge is 2.27. The Kier molecular flexibility index (Phi) is 3.64. The standard InChI is InChI=1S/C17H16N8OS/c18-17-20-14(13-15(21-17)27-9-19-13)24-5-7-25(8-6-24)16(26)12-10-3-1-2-4-11(10)22-23-12/h1-4,9H,5-8H2,(H,22,23)(H2,18,20,21). The number of amides is 1. The van der Waals surface area contributed by atoms with Crippen molar-refractivity contribution < 1.29 is 4.79 Å². The summed E-state index contributed by atoms with van der Waals surface area (Å²) >= 11 is 1.44. The maximum absolute atomic E-state index is 12.9. The Labute approximate surface area is 157 Å². The van der Waals surface area contributed by atoms with Crippen LogP contribution in [0.5, 0.6) is 0 Å². The minimum atomic E-state index is -0.0619. The Morgan fingerprint density at radius 3 is 2.81 bits per heavy atom. The lowest BCUT2D eigenvalue weighted by Gasteiger charge is -2.35. The van der Waals surface area contributed by atoms with E-state index in [1.807, 2.05) is 29.2 Å². The molecule has 0 aliphatic carbocycles. The molecule has 4 aromatic rings. The second-order valence-corrected chi connectivity index (χ2v) is 7.14. The van der Waals surface area contributed by atoms with Gasteiger partial charge in [0.15, 0.2) is 16.3 Å². The van der Waals surface area contributed by atoms with E-state index in [2.05, 4.69) is 30.0 Å². The molecule has 0 radical (unpaired) electrons. The molecule has 1 fully saturated rings. The van der Waals surface area contributed by atoms with Crippen molar-refractivity contribution >= 4 is 50.3 Å². The first-order valence-electron chi connectivity index (χ1n) is 8.55. The molecule has 1 aliphatic rings. The third-order valence-electron chi connectivity index (χ3n) is 4.74. The van der Waals surface area contributed by atoms with E-state index in [0.29, 0.717) is 31.9 Å². The average molecular weight is 380 g/mol. The van der Waals surface area contributed by atoms with Gasteiger partial charge in [-0.05, 0) is 6.07 Å². The van der Waals surface area contributed by atoms with Crippen molar-refractivity contribution in [1.82, 2.24) is 30.0 Å². The Hall–Kier alpha value is -3.27. The van der Waals surface area contributed by atoms with Crippen LogP contribution in [0.15, 0.2) is 29.8 Å². The van der Waals surface area contributed by atoms with Gasteiger partial charge in [0.1, 0.15) is 5.52 Å². The van der Waals surface area contributed by atoms with Crippen LogP contribution < -0.4 is 10.6 Å². The number of para-hydroxylation sites is 1. The van der Waals surface area contributed by atoms with Crippen LogP contribution in [0.3, 0.4) is 0 Å². The van der Waals surface area contributed by atoms with Crippen molar-refractivity contribution in [2.75, 3.05) is 36.8 Å². The number of thiazole rings is 1. The number of carbonyl (C=O) groups is 1. The summed E-state index contributed by atoms with van der Waals surface area (Å²) in [5.74, 6) is 0.910. The molecule has 3 aromatic heterocycles. The van der Waals surface area contributed by atoms with Crippen molar-refractivity contribution in [3.05, 3.63) is 35.5 Å². The van der Waals surface area contributed by atoms with E-state index in [1.165, 1.54) is 11.3 Å². The van der Waals surface area contributed by atoms with Gasteiger partial charge >= 0.3 is 0 Å². The van der Waals surface area contributed by atoms with Crippen molar-refractivity contribution in [3.63, 3.8) is 0 Å². The van der Waals surface area contributed by atoms with Crippen molar-refractivity contribution in [1.29, 1.82) is 0 Å². The van der Waals surface area contributed by atoms with Crippen LogP contribution in [0.2, 0.25) is 0 Å². The van der Waals surface area contributed by atoms with E-state index < -0.39 is 0 Å². The third kappa shape index (κ3) is 2.65. The molecule has 27 heavy (non-hydrogen) atoms. The minimum Gasteiger partial charge on any atom is -0.368 e. The zero-order valence-corrected chi connectivity index (χ0v) is 15.1. The first-order chi connectivity index (χ1) is 13.2. The molecule has 1 aromatic carbocycles. The molecule has 0 saturated carbocycles. The predicted molar refractivity (Wildman–Crippen MR) is 104 cm³/mol. The fourth-order valence-corrected chi connectivity index (χ4v) is 4.04. The smallest absolute Gasteiger partial charge is 0.275 e. The van der Waals surface area contributed by atoms with Gasteiger partial charge in [-0.2, -0.15) is 10.1 Å². The lowest BCUT2D eigenvalue weighted by Crippen LogP contribution is -2.49. The number of piperazine rings is 1. The van der Waals surface area contributed by atoms with Crippen molar-refractivity contribution in [2.45, 2.75) is 0 Å². The SMILES string of the molecule is Nc1nc(N2CCN(C(=O)c3n[nH]c4ccccc34)CC2)c2ncsc2n1. The highest BCUT2D eigenvalue weighted by atomic mass is 32.1. The number of anilines is 2. The van der Waals surface area contributed by atoms with E-state index in [0.717, 1.165) is 27.1 Å². The van der Waals surface area contributed by atoms with Gasteiger partial charge in [-0.15, -0.1) is 11.3 Å². The molecule has 3 N–H and O–H groups in total. The summed E-state index contributed by atoms with van der Waals surface area (Å²) in [6.07, 6.45) is 0. The van der Waals surface area contributed by atoms with Crippen LogP contribution in [0.1, 0.15) is 10.5 Å². The normalized spacial score (nSPS) is 15.0. The van der Waals surface area contributed by atoms with Crippen molar-refractivity contribution in [2.24, 2.45) is 0 Å². The molecular weight excluding hydrogens is 364 g/mol. The largest absolute Gasteiger partial charge is 0.368 e. The second kappa shape index (κ2) is 6.16. The van der Waals surface area contributed by atoms with E-state index in [1.54, 1.807) is 5.51 Å². The molecule has 1 amide bonds. The molecule has 1 aliphatic heterocycles. The fourth-order valence-electron chi connectivity index (χ4n) is 3.38. The average Bonchev–Trinajstić information content (AvgIpc) is 3.33. The summed E-state index contributed by atoms with van der Waals surface area (Å²) in [6, 6.07) is 7.64. The van der Waals surface area contributed by atoms with Crippen LogP contribution in [0.25, 0.3) is 21.3 Å². The van der Waals surface area contributed by atoms with Gasteiger partial charge in [-0.25, -0.2) is 9.97 Å². The first-order valence-corrected chi connectivity index (χ1v) is 9.43. The molecule has 0 bridgehead atoms. The summed E-state index contributed by atoms with van der Waals surface area (Å²) in [6.45, 7) is 2.46. The quantitative estimate of drug-likeness (QED) is 0.541. The molecule has 0 unspecified atom stereocenters. The van der Waals surface area contributed by atoms with Gasteiger partial charge in [0.05, 0.1) is 11.0 Å². The first kappa shape index (κ1) is 15.9. The van der Waals surface area contributed by atoms with Gasteiger partial charge in [-0.1, -0.05) is 18.2 Å². The maximum atomic E-state index is 12.9. The zero-order valence-electron chi connectivity index (χ0n) is 14.3. The highest BCUT2D eigenvalue weighted by Crippen LogP contribution is 2.27. The van der Waals surface area contributed by atoms with E-state index in [9.17, 15) is 4.79 Å². The molecule has 4 heterocycles. The van der Waals surface area contributed by atoms with E-state index in [4.69, 9.17) is 5.73 Å². The minimum absolute atomic E-state index is 0.0619. The Balaban J connectivity index is 1.37. The number of rotatable bonds is 2. The number of hydrogen-bond acceptors (Lipinski definition) is 8. The maximum Gasteiger partial charge on any atom is 0.275 e. The van der Waals surface area contributed by atoms with Crippen LogP contribution in [0, 0.1) is 0 Å². The monoisotopic (exact) mass is 380 g/mol. The number of H-pyrrole nitrogens is 1. The highest BCUT2D eigenvalue weighted by molar-refractivity contribution is 7.16. The summed E-state index contributed by atoms with van der Waals surface area (Å²) in [5.41, 5.74) is 9.66. The van der Waals surface area contributed by atoms with E-state index in [-0.39, 0.29) is 11.9 Å². The number of nitrogens with zero attached hydrogens (tertiary/aromatic N) is 6. The van der Waals surface area contributed by atoms with Gasteiger partial charge in [-0.3, -0.25) is 9.89 Å².